The zero-order valence-corrected chi connectivity index (χ0v) is 12.4. The smallest absolute Gasteiger partial charge is 0.119 e. The Kier molecular flexibility index (Phi) is 6.20. The molecule has 102 valence electrons. The average molecular weight is 249 g/mol. The summed E-state index contributed by atoms with van der Waals surface area (Å²) < 4.78 is 6.06. The van der Waals surface area contributed by atoms with E-state index in [1.165, 1.54) is 5.56 Å². The van der Waals surface area contributed by atoms with E-state index in [-0.39, 0.29) is 6.10 Å². The number of hydrogen-bond acceptors (Lipinski definition) is 2. The molecule has 1 rings (SSSR count). The Hall–Kier alpha value is -1.02. The molecule has 0 spiro atoms. The monoisotopic (exact) mass is 249 g/mol. The van der Waals surface area contributed by atoms with Crippen LogP contribution in [0.15, 0.2) is 24.3 Å². The van der Waals surface area contributed by atoms with Crippen LogP contribution in [0.4, 0.5) is 0 Å². The Bertz CT molecular complexity index is 329. The molecular formula is C16H27NO. The van der Waals surface area contributed by atoms with Crippen molar-refractivity contribution in [1.82, 2.24) is 5.32 Å². The van der Waals surface area contributed by atoms with Crippen molar-refractivity contribution in [2.24, 2.45) is 5.92 Å². The van der Waals surface area contributed by atoms with E-state index in [2.05, 4.69) is 64.2 Å². The van der Waals surface area contributed by atoms with Crippen LogP contribution in [-0.2, 0) is 6.42 Å². The standard InChI is InChI=1S/C16H27NO/c1-6-14-7-9-15(10-8-14)18-16(12(2)3)11-17-13(4)5/h7-10,12-13,16-17H,6,11H2,1-5H3. The van der Waals surface area contributed by atoms with Gasteiger partial charge in [-0.05, 0) is 30.0 Å². The summed E-state index contributed by atoms with van der Waals surface area (Å²) in [5.74, 6) is 1.47. The van der Waals surface area contributed by atoms with Crippen LogP contribution < -0.4 is 10.1 Å². The molecule has 0 saturated carbocycles. The first kappa shape index (κ1) is 15.0. The lowest BCUT2D eigenvalue weighted by Crippen LogP contribution is -2.38. The van der Waals surface area contributed by atoms with E-state index in [0.717, 1.165) is 18.7 Å². The molecule has 0 radical (unpaired) electrons. The van der Waals surface area contributed by atoms with Gasteiger partial charge in [-0.25, -0.2) is 0 Å². The van der Waals surface area contributed by atoms with Crippen molar-refractivity contribution in [3.05, 3.63) is 29.8 Å². The van der Waals surface area contributed by atoms with Gasteiger partial charge >= 0.3 is 0 Å². The summed E-state index contributed by atoms with van der Waals surface area (Å²) in [5.41, 5.74) is 1.35. The first-order valence-electron chi connectivity index (χ1n) is 7.02. The second kappa shape index (κ2) is 7.42. The van der Waals surface area contributed by atoms with Crippen molar-refractivity contribution >= 4 is 0 Å². The fraction of sp³-hybridized carbons (Fsp3) is 0.625. The van der Waals surface area contributed by atoms with Gasteiger partial charge in [0.25, 0.3) is 0 Å². The van der Waals surface area contributed by atoms with Crippen LogP contribution >= 0.6 is 0 Å². The number of hydrogen-bond donors (Lipinski definition) is 1. The molecule has 1 aromatic rings. The van der Waals surface area contributed by atoms with Crippen molar-refractivity contribution in [3.8, 4) is 5.75 Å². The molecule has 0 aliphatic carbocycles. The molecule has 0 heterocycles. The number of nitrogens with one attached hydrogen (secondary N) is 1. The van der Waals surface area contributed by atoms with Gasteiger partial charge in [0, 0.05) is 12.6 Å². The lowest BCUT2D eigenvalue weighted by molar-refractivity contribution is 0.146. The van der Waals surface area contributed by atoms with E-state index in [4.69, 9.17) is 4.74 Å². The van der Waals surface area contributed by atoms with Gasteiger partial charge in [0.1, 0.15) is 11.9 Å². The highest BCUT2D eigenvalue weighted by Gasteiger charge is 2.15. The molecule has 0 saturated heterocycles. The molecule has 0 aliphatic heterocycles. The lowest BCUT2D eigenvalue weighted by atomic mass is 10.1. The topological polar surface area (TPSA) is 21.3 Å². The average Bonchev–Trinajstić information content (AvgIpc) is 2.34. The number of rotatable bonds is 7. The van der Waals surface area contributed by atoms with E-state index >= 15 is 0 Å². The van der Waals surface area contributed by atoms with Crippen molar-refractivity contribution in [2.75, 3.05) is 6.54 Å². The Morgan fingerprint density at radius 2 is 1.67 bits per heavy atom. The number of aryl methyl sites for hydroxylation is 1. The molecule has 18 heavy (non-hydrogen) atoms. The van der Waals surface area contributed by atoms with Crippen LogP contribution in [-0.4, -0.2) is 18.7 Å². The van der Waals surface area contributed by atoms with Crippen molar-refractivity contribution in [3.63, 3.8) is 0 Å². The van der Waals surface area contributed by atoms with Crippen LogP contribution in [0.3, 0.4) is 0 Å². The molecule has 1 N–H and O–H groups in total. The maximum atomic E-state index is 6.06. The van der Waals surface area contributed by atoms with Crippen LogP contribution in [0.2, 0.25) is 0 Å². The highest BCUT2D eigenvalue weighted by Crippen LogP contribution is 2.17. The van der Waals surface area contributed by atoms with E-state index in [1.54, 1.807) is 0 Å². The Labute approximate surface area is 112 Å². The van der Waals surface area contributed by atoms with Gasteiger partial charge in [0.2, 0.25) is 0 Å². The van der Waals surface area contributed by atoms with Crippen LogP contribution in [0.25, 0.3) is 0 Å². The summed E-state index contributed by atoms with van der Waals surface area (Å²) in [6.45, 7) is 11.8. The molecule has 2 nitrogen and oxygen atoms in total. The summed E-state index contributed by atoms with van der Waals surface area (Å²) >= 11 is 0. The minimum absolute atomic E-state index is 0.222. The third-order valence-corrected chi connectivity index (χ3v) is 3.09. The summed E-state index contributed by atoms with van der Waals surface area (Å²) in [7, 11) is 0. The fourth-order valence-electron chi connectivity index (χ4n) is 1.74. The first-order chi connectivity index (χ1) is 8.52. The van der Waals surface area contributed by atoms with Crippen molar-refractivity contribution in [2.45, 2.75) is 53.2 Å². The zero-order valence-electron chi connectivity index (χ0n) is 12.4. The highest BCUT2D eigenvalue weighted by atomic mass is 16.5. The number of benzene rings is 1. The quantitative estimate of drug-likeness (QED) is 0.796. The molecule has 0 aliphatic rings. The molecule has 0 aromatic heterocycles. The molecule has 0 fully saturated rings. The van der Waals surface area contributed by atoms with Gasteiger partial charge in [-0.1, -0.05) is 46.8 Å². The van der Waals surface area contributed by atoms with Gasteiger partial charge in [0.05, 0.1) is 0 Å². The number of ether oxygens (including phenoxy) is 1. The zero-order chi connectivity index (χ0) is 13.5. The molecule has 0 amide bonds. The SMILES string of the molecule is CCc1ccc(OC(CNC(C)C)C(C)C)cc1. The second-order valence-corrected chi connectivity index (χ2v) is 5.46. The normalized spacial score (nSPS) is 13.1. The van der Waals surface area contributed by atoms with Crippen molar-refractivity contribution < 1.29 is 4.74 Å². The molecule has 1 aromatic carbocycles. The Balaban J connectivity index is 2.58. The predicted molar refractivity (Wildman–Crippen MR) is 78.2 cm³/mol. The van der Waals surface area contributed by atoms with Crippen LogP contribution in [0.5, 0.6) is 5.75 Å². The summed E-state index contributed by atoms with van der Waals surface area (Å²) in [6, 6.07) is 8.93. The van der Waals surface area contributed by atoms with Gasteiger partial charge < -0.3 is 10.1 Å². The fourth-order valence-corrected chi connectivity index (χ4v) is 1.74. The third kappa shape index (κ3) is 5.09. The first-order valence-corrected chi connectivity index (χ1v) is 7.02. The maximum Gasteiger partial charge on any atom is 0.119 e. The van der Waals surface area contributed by atoms with Crippen LogP contribution in [0, 0.1) is 5.92 Å². The van der Waals surface area contributed by atoms with Crippen molar-refractivity contribution in [1.29, 1.82) is 0 Å². The van der Waals surface area contributed by atoms with E-state index in [0.29, 0.717) is 12.0 Å². The molecular weight excluding hydrogens is 222 g/mol. The van der Waals surface area contributed by atoms with Crippen LogP contribution in [0.1, 0.15) is 40.2 Å². The van der Waals surface area contributed by atoms with Gasteiger partial charge in [-0.2, -0.15) is 0 Å². The summed E-state index contributed by atoms with van der Waals surface area (Å²) in [5, 5.41) is 3.44. The largest absolute Gasteiger partial charge is 0.489 e. The maximum absolute atomic E-state index is 6.06. The molecule has 1 unspecified atom stereocenters. The minimum Gasteiger partial charge on any atom is -0.489 e. The highest BCUT2D eigenvalue weighted by molar-refractivity contribution is 5.27. The van der Waals surface area contributed by atoms with E-state index in [1.807, 2.05) is 0 Å². The molecule has 0 bridgehead atoms. The van der Waals surface area contributed by atoms with Gasteiger partial charge in [0.15, 0.2) is 0 Å². The molecule has 2 heteroatoms. The van der Waals surface area contributed by atoms with E-state index < -0.39 is 0 Å². The van der Waals surface area contributed by atoms with Gasteiger partial charge in [-0.3, -0.25) is 0 Å². The lowest BCUT2D eigenvalue weighted by Gasteiger charge is -2.24. The Morgan fingerprint density at radius 1 is 1.06 bits per heavy atom. The third-order valence-electron chi connectivity index (χ3n) is 3.09. The molecule has 1 atom stereocenters. The second-order valence-electron chi connectivity index (χ2n) is 5.46. The Morgan fingerprint density at radius 3 is 2.11 bits per heavy atom. The van der Waals surface area contributed by atoms with Gasteiger partial charge in [-0.15, -0.1) is 0 Å². The summed E-state index contributed by atoms with van der Waals surface area (Å²) in [6.07, 6.45) is 1.29. The summed E-state index contributed by atoms with van der Waals surface area (Å²) in [4.78, 5) is 0. The minimum atomic E-state index is 0.222. The predicted octanol–water partition coefficient (Wildman–Crippen LogP) is 3.65. The van der Waals surface area contributed by atoms with E-state index in [9.17, 15) is 0 Å².